The van der Waals surface area contributed by atoms with Gasteiger partial charge in [0.05, 0.1) is 17.1 Å². The number of anilines is 2. The maximum atomic E-state index is 11.0. The fourth-order valence-corrected chi connectivity index (χ4v) is 2.47. The summed E-state index contributed by atoms with van der Waals surface area (Å²) in [6, 6.07) is 4.97. The van der Waals surface area contributed by atoms with Gasteiger partial charge in [0.2, 0.25) is 0 Å². The predicted octanol–water partition coefficient (Wildman–Crippen LogP) is 3.12. The summed E-state index contributed by atoms with van der Waals surface area (Å²) in [6.07, 6.45) is 0. The van der Waals surface area contributed by atoms with E-state index >= 15 is 0 Å². The number of hydrogen-bond donors (Lipinski definition) is 1. The number of nitro groups is 1. The highest BCUT2D eigenvalue weighted by molar-refractivity contribution is 7.07. The van der Waals surface area contributed by atoms with Crippen LogP contribution < -0.4 is 10.2 Å². The van der Waals surface area contributed by atoms with E-state index in [4.69, 9.17) is 0 Å². The van der Waals surface area contributed by atoms with Gasteiger partial charge in [-0.1, -0.05) is 0 Å². The first-order valence-electron chi connectivity index (χ1n) is 6.22. The standard InChI is InChI=1S/C13H16N4O2S/c1-3-14-12-6-11(17(18)19)7-13(15-12)16(2)8-10-4-5-20-9-10/h4-7,9H,3,8H2,1-2H3,(H,14,15). The molecule has 6 nitrogen and oxygen atoms in total. The smallest absolute Gasteiger partial charge is 0.276 e. The SMILES string of the molecule is CCNc1cc([N+](=O)[O-])cc(N(C)Cc2ccsc2)n1. The molecule has 0 radical (unpaired) electrons. The number of nitrogens with zero attached hydrogens (tertiary/aromatic N) is 3. The monoisotopic (exact) mass is 292 g/mol. The Labute approximate surface area is 121 Å². The minimum Gasteiger partial charge on any atom is -0.370 e. The highest BCUT2D eigenvalue weighted by Crippen LogP contribution is 2.24. The van der Waals surface area contributed by atoms with Gasteiger partial charge in [0.25, 0.3) is 5.69 Å². The Morgan fingerprint density at radius 2 is 2.30 bits per heavy atom. The van der Waals surface area contributed by atoms with Crippen LogP contribution in [0.25, 0.3) is 0 Å². The van der Waals surface area contributed by atoms with Crippen LogP contribution in [0.3, 0.4) is 0 Å². The molecule has 20 heavy (non-hydrogen) atoms. The van der Waals surface area contributed by atoms with Crippen LogP contribution in [-0.4, -0.2) is 23.5 Å². The molecule has 0 fully saturated rings. The maximum absolute atomic E-state index is 11.0. The largest absolute Gasteiger partial charge is 0.370 e. The quantitative estimate of drug-likeness (QED) is 0.654. The Morgan fingerprint density at radius 3 is 2.90 bits per heavy atom. The van der Waals surface area contributed by atoms with Crippen LogP contribution in [-0.2, 0) is 6.54 Å². The van der Waals surface area contributed by atoms with Crippen LogP contribution in [0.2, 0.25) is 0 Å². The van der Waals surface area contributed by atoms with Gasteiger partial charge in [-0.05, 0) is 29.3 Å². The second-order valence-electron chi connectivity index (χ2n) is 4.34. The average molecular weight is 292 g/mol. The first kappa shape index (κ1) is 14.3. The topological polar surface area (TPSA) is 71.3 Å². The first-order valence-corrected chi connectivity index (χ1v) is 7.17. The number of hydrogen-bond acceptors (Lipinski definition) is 6. The van der Waals surface area contributed by atoms with Gasteiger partial charge < -0.3 is 10.2 Å². The maximum Gasteiger partial charge on any atom is 0.276 e. The molecular weight excluding hydrogens is 276 g/mol. The Hall–Kier alpha value is -2.15. The van der Waals surface area contributed by atoms with Gasteiger partial charge in [0.15, 0.2) is 0 Å². The second-order valence-corrected chi connectivity index (χ2v) is 5.12. The molecule has 0 saturated heterocycles. The molecule has 2 rings (SSSR count). The fourth-order valence-electron chi connectivity index (χ4n) is 1.81. The molecule has 0 spiro atoms. The van der Waals surface area contributed by atoms with E-state index in [-0.39, 0.29) is 5.69 Å². The van der Waals surface area contributed by atoms with Crippen molar-refractivity contribution in [2.75, 3.05) is 23.8 Å². The van der Waals surface area contributed by atoms with E-state index in [9.17, 15) is 10.1 Å². The minimum absolute atomic E-state index is 0.0446. The summed E-state index contributed by atoms with van der Waals surface area (Å²) in [5, 5.41) is 18.1. The summed E-state index contributed by atoms with van der Waals surface area (Å²) in [5.74, 6) is 1.11. The molecule has 2 aromatic heterocycles. The molecule has 0 aromatic carbocycles. The lowest BCUT2D eigenvalue weighted by Crippen LogP contribution is -2.18. The van der Waals surface area contributed by atoms with Gasteiger partial charge in [-0.15, -0.1) is 0 Å². The fraction of sp³-hybridized carbons (Fsp3) is 0.308. The predicted molar refractivity (Wildman–Crippen MR) is 81.5 cm³/mol. The summed E-state index contributed by atoms with van der Waals surface area (Å²) >= 11 is 1.63. The average Bonchev–Trinajstić information content (AvgIpc) is 2.91. The van der Waals surface area contributed by atoms with Gasteiger partial charge in [-0.2, -0.15) is 11.3 Å². The van der Waals surface area contributed by atoms with Gasteiger partial charge in [0, 0.05) is 20.1 Å². The molecule has 0 amide bonds. The first-order chi connectivity index (χ1) is 9.60. The molecule has 106 valence electrons. The summed E-state index contributed by atoms with van der Waals surface area (Å²) in [7, 11) is 1.87. The Kier molecular flexibility index (Phi) is 4.52. The molecule has 2 aromatic rings. The van der Waals surface area contributed by atoms with E-state index in [0.717, 1.165) is 5.56 Å². The number of pyridine rings is 1. The molecule has 0 aliphatic carbocycles. The summed E-state index contributed by atoms with van der Waals surface area (Å²) < 4.78 is 0. The molecule has 0 saturated carbocycles. The van der Waals surface area contributed by atoms with Crippen molar-refractivity contribution in [3.8, 4) is 0 Å². The lowest BCUT2D eigenvalue weighted by molar-refractivity contribution is -0.384. The molecule has 1 N–H and O–H groups in total. The lowest BCUT2D eigenvalue weighted by Gasteiger charge is -2.18. The third-order valence-electron chi connectivity index (χ3n) is 2.76. The van der Waals surface area contributed by atoms with E-state index in [1.165, 1.54) is 12.1 Å². The van der Waals surface area contributed by atoms with Crippen molar-refractivity contribution in [1.29, 1.82) is 0 Å². The van der Waals surface area contributed by atoms with Gasteiger partial charge in [0.1, 0.15) is 11.6 Å². The lowest BCUT2D eigenvalue weighted by atomic mass is 10.3. The van der Waals surface area contributed by atoms with Crippen LogP contribution in [0.5, 0.6) is 0 Å². The molecule has 0 unspecified atom stereocenters. The minimum atomic E-state index is -0.398. The summed E-state index contributed by atoms with van der Waals surface area (Å²) in [5.41, 5.74) is 1.21. The van der Waals surface area contributed by atoms with E-state index < -0.39 is 4.92 Å². The highest BCUT2D eigenvalue weighted by atomic mass is 32.1. The van der Waals surface area contributed by atoms with E-state index in [2.05, 4.69) is 15.7 Å². The molecule has 0 aliphatic rings. The van der Waals surface area contributed by atoms with Crippen LogP contribution in [0.1, 0.15) is 12.5 Å². The summed E-state index contributed by atoms with van der Waals surface area (Å²) in [6.45, 7) is 3.26. The number of nitrogens with one attached hydrogen (secondary N) is 1. The van der Waals surface area contributed by atoms with Gasteiger partial charge in [-0.25, -0.2) is 4.98 Å². The molecule has 7 heteroatoms. The van der Waals surface area contributed by atoms with Gasteiger partial charge >= 0.3 is 0 Å². The molecule has 0 aliphatic heterocycles. The molecular formula is C13H16N4O2S. The van der Waals surface area contributed by atoms with Crippen molar-refractivity contribution < 1.29 is 4.92 Å². The Morgan fingerprint density at radius 1 is 1.50 bits per heavy atom. The van der Waals surface area contributed by atoms with E-state index in [1.54, 1.807) is 11.3 Å². The number of aromatic nitrogens is 1. The van der Waals surface area contributed by atoms with Crippen molar-refractivity contribution in [3.63, 3.8) is 0 Å². The van der Waals surface area contributed by atoms with E-state index in [1.807, 2.05) is 30.3 Å². The van der Waals surface area contributed by atoms with Crippen LogP contribution in [0.15, 0.2) is 29.0 Å². The van der Waals surface area contributed by atoms with Crippen LogP contribution in [0, 0.1) is 10.1 Å². The van der Waals surface area contributed by atoms with Crippen molar-refractivity contribution in [3.05, 3.63) is 44.6 Å². The molecule has 2 heterocycles. The highest BCUT2D eigenvalue weighted by Gasteiger charge is 2.14. The van der Waals surface area contributed by atoms with Gasteiger partial charge in [-0.3, -0.25) is 10.1 Å². The number of thiophene rings is 1. The van der Waals surface area contributed by atoms with Crippen molar-refractivity contribution in [2.24, 2.45) is 0 Å². The summed E-state index contributed by atoms with van der Waals surface area (Å²) in [4.78, 5) is 16.9. The van der Waals surface area contributed by atoms with Crippen molar-refractivity contribution in [2.45, 2.75) is 13.5 Å². The normalized spacial score (nSPS) is 10.3. The zero-order valence-electron chi connectivity index (χ0n) is 11.4. The number of rotatable bonds is 6. The third-order valence-corrected chi connectivity index (χ3v) is 3.49. The Bertz CT molecular complexity index is 586. The zero-order valence-corrected chi connectivity index (χ0v) is 12.2. The van der Waals surface area contributed by atoms with Crippen molar-refractivity contribution in [1.82, 2.24) is 4.98 Å². The van der Waals surface area contributed by atoms with Crippen LogP contribution >= 0.6 is 11.3 Å². The zero-order chi connectivity index (χ0) is 14.5. The van der Waals surface area contributed by atoms with E-state index in [0.29, 0.717) is 24.7 Å². The molecule has 0 bridgehead atoms. The second kappa shape index (κ2) is 6.33. The third kappa shape index (κ3) is 3.45. The molecule has 0 atom stereocenters. The van der Waals surface area contributed by atoms with Crippen LogP contribution in [0.4, 0.5) is 17.3 Å². The van der Waals surface area contributed by atoms with Crippen molar-refractivity contribution >= 4 is 28.7 Å². The Balaban J connectivity index is 2.26.